The van der Waals surface area contributed by atoms with Crippen molar-refractivity contribution in [1.82, 2.24) is 4.90 Å². The van der Waals surface area contributed by atoms with Crippen LogP contribution in [0.2, 0.25) is 0 Å². The van der Waals surface area contributed by atoms with Crippen LogP contribution in [0.25, 0.3) is 0 Å². The Hall–Kier alpha value is -0.930. The Morgan fingerprint density at radius 1 is 1.13 bits per heavy atom. The maximum Gasteiger partial charge on any atom is 0.410 e. The van der Waals surface area contributed by atoms with E-state index >= 15 is 0 Å². The number of methoxy groups -OCH3 is 2. The molecule has 0 aliphatic carbocycles. The topological polar surface area (TPSA) is 86.7 Å². The zero-order chi connectivity index (χ0) is 17.5. The summed E-state index contributed by atoms with van der Waals surface area (Å²) in [4.78, 5) is 13.8. The van der Waals surface area contributed by atoms with Gasteiger partial charge in [0, 0.05) is 26.7 Å². The van der Waals surface area contributed by atoms with E-state index in [1.54, 1.807) is 0 Å². The molecule has 1 fully saturated rings. The number of likely N-dealkylation sites (tertiary alicyclic amines) is 1. The Morgan fingerprint density at radius 3 is 2.26 bits per heavy atom. The SMILES string of the molecule is COCO[C@@H]1[C@@H](CO)CN(C(=O)OC(C)(C)C)C[C@H]1OCOC. The first-order valence-corrected chi connectivity index (χ1v) is 7.62. The fourth-order valence-electron chi connectivity index (χ4n) is 2.42. The smallest absolute Gasteiger partial charge is 0.410 e. The summed E-state index contributed by atoms with van der Waals surface area (Å²) < 4.78 is 26.5. The van der Waals surface area contributed by atoms with Crippen LogP contribution in [0, 0.1) is 5.92 Å². The highest BCUT2D eigenvalue weighted by atomic mass is 16.7. The van der Waals surface area contributed by atoms with E-state index in [0.717, 1.165) is 0 Å². The third-order valence-electron chi connectivity index (χ3n) is 3.35. The molecule has 1 heterocycles. The van der Waals surface area contributed by atoms with Crippen LogP contribution in [-0.4, -0.2) is 81.4 Å². The normalized spacial score (nSPS) is 25.5. The Labute approximate surface area is 137 Å². The average molecular weight is 335 g/mol. The minimum absolute atomic E-state index is 0.0673. The van der Waals surface area contributed by atoms with Crippen LogP contribution in [-0.2, 0) is 23.7 Å². The van der Waals surface area contributed by atoms with Crippen molar-refractivity contribution in [1.29, 1.82) is 0 Å². The van der Waals surface area contributed by atoms with Gasteiger partial charge in [-0.1, -0.05) is 0 Å². The molecule has 1 aliphatic rings. The number of ether oxygens (including phenoxy) is 5. The zero-order valence-corrected chi connectivity index (χ0v) is 14.6. The highest BCUT2D eigenvalue weighted by Crippen LogP contribution is 2.24. The van der Waals surface area contributed by atoms with Gasteiger partial charge >= 0.3 is 6.09 Å². The van der Waals surface area contributed by atoms with Crippen molar-refractivity contribution < 1.29 is 33.6 Å². The van der Waals surface area contributed by atoms with Gasteiger partial charge in [0.2, 0.25) is 0 Å². The van der Waals surface area contributed by atoms with E-state index in [1.807, 2.05) is 20.8 Å². The molecule has 1 saturated heterocycles. The number of aliphatic hydroxyl groups is 1. The first kappa shape index (κ1) is 20.1. The van der Waals surface area contributed by atoms with Gasteiger partial charge in [0.15, 0.2) is 0 Å². The van der Waals surface area contributed by atoms with Gasteiger partial charge in [0.25, 0.3) is 0 Å². The molecule has 3 atom stereocenters. The van der Waals surface area contributed by atoms with Crippen LogP contribution in [0.1, 0.15) is 20.8 Å². The summed E-state index contributed by atoms with van der Waals surface area (Å²) in [6.45, 7) is 6.06. The predicted molar refractivity (Wildman–Crippen MR) is 81.9 cm³/mol. The maximum atomic E-state index is 12.3. The fraction of sp³-hybridized carbons (Fsp3) is 0.933. The number of piperidine rings is 1. The summed E-state index contributed by atoms with van der Waals surface area (Å²) in [5.41, 5.74) is -0.585. The lowest BCUT2D eigenvalue weighted by Gasteiger charge is -2.42. The van der Waals surface area contributed by atoms with E-state index in [2.05, 4.69) is 0 Å². The Balaban J connectivity index is 2.80. The van der Waals surface area contributed by atoms with E-state index in [1.165, 1.54) is 19.1 Å². The standard InChI is InChI=1S/C15H29NO7/c1-15(2,3)23-14(18)16-6-11(8-17)13(22-10-20-5)12(7-16)21-9-19-4/h11-13,17H,6-10H2,1-5H3/t11-,12-,13-/m1/s1. The molecule has 1 rings (SSSR count). The van der Waals surface area contributed by atoms with Crippen molar-refractivity contribution in [3.63, 3.8) is 0 Å². The van der Waals surface area contributed by atoms with Crippen LogP contribution in [0.4, 0.5) is 4.79 Å². The molecule has 1 N–H and O–H groups in total. The summed E-state index contributed by atoms with van der Waals surface area (Å²) in [7, 11) is 3.04. The van der Waals surface area contributed by atoms with Crippen molar-refractivity contribution in [2.45, 2.75) is 38.6 Å². The lowest BCUT2D eigenvalue weighted by molar-refractivity contribution is -0.196. The molecule has 0 radical (unpaired) electrons. The summed E-state index contributed by atoms with van der Waals surface area (Å²) in [6, 6.07) is 0. The third kappa shape index (κ3) is 6.60. The van der Waals surface area contributed by atoms with Gasteiger partial charge in [0.05, 0.1) is 19.3 Å². The molecule has 0 saturated carbocycles. The van der Waals surface area contributed by atoms with Gasteiger partial charge in [-0.25, -0.2) is 4.79 Å². The minimum Gasteiger partial charge on any atom is -0.444 e. The Bertz CT molecular complexity index is 358. The monoisotopic (exact) mass is 335 g/mol. The average Bonchev–Trinajstić information content (AvgIpc) is 2.48. The summed E-state index contributed by atoms with van der Waals surface area (Å²) >= 11 is 0. The molecule has 0 bridgehead atoms. The van der Waals surface area contributed by atoms with Gasteiger partial charge in [-0.3, -0.25) is 0 Å². The number of hydrogen-bond donors (Lipinski definition) is 1. The molecule has 0 aromatic carbocycles. The Kier molecular flexibility index (Phi) is 8.21. The highest BCUT2D eigenvalue weighted by molar-refractivity contribution is 5.68. The highest BCUT2D eigenvalue weighted by Gasteiger charge is 2.41. The molecule has 136 valence electrons. The van der Waals surface area contributed by atoms with Crippen molar-refractivity contribution in [2.75, 3.05) is 47.5 Å². The van der Waals surface area contributed by atoms with Crippen LogP contribution in [0.15, 0.2) is 0 Å². The molecule has 0 aromatic heterocycles. The first-order valence-electron chi connectivity index (χ1n) is 7.62. The fourth-order valence-corrected chi connectivity index (χ4v) is 2.42. The molecule has 1 aliphatic heterocycles. The van der Waals surface area contributed by atoms with E-state index in [0.29, 0.717) is 13.1 Å². The van der Waals surface area contributed by atoms with Crippen molar-refractivity contribution in [2.24, 2.45) is 5.92 Å². The second-order valence-corrected chi connectivity index (χ2v) is 6.48. The van der Waals surface area contributed by atoms with E-state index in [-0.39, 0.29) is 26.1 Å². The molecule has 0 aromatic rings. The number of rotatable bonds is 7. The molecular weight excluding hydrogens is 306 g/mol. The van der Waals surface area contributed by atoms with Gasteiger partial charge < -0.3 is 33.7 Å². The van der Waals surface area contributed by atoms with Gasteiger partial charge in [0.1, 0.15) is 25.3 Å². The molecule has 0 unspecified atom stereocenters. The Morgan fingerprint density at radius 2 is 1.74 bits per heavy atom. The number of amides is 1. The number of nitrogens with zero attached hydrogens (tertiary/aromatic N) is 1. The summed E-state index contributed by atoms with van der Waals surface area (Å²) in [5, 5.41) is 9.65. The van der Waals surface area contributed by atoms with Crippen LogP contribution in [0.5, 0.6) is 0 Å². The van der Waals surface area contributed by atoms with E-state index in [4.69, 9.17) is 23.7 Å². The third-order valence-corrected chi connectivity index (χ3v) is 3.35. The van der Waals surface area contributed by atoms with Crippen molar-refractivity contribution in [3.8, 4) is 0 Å². The van der Waals surface area contributed by atoms with Crippen LogP contribution >= 0.6 is 0 Å². The van der Waals surface area contributed by atoms with E-state index in [9.17, 15) is 9.90 Å². The molecule has 8 nitrogen and oxygen atoms in total. The number of hydrogen-bond acceptors (Lipinski definition) is 7. The zero-order valence-electron chi connectivity index (χ0n) is 14.6. The van der Waals surface area contributed by atoms with Gasteiger partial charge in [-0.2, -0.15) is 0 Å². The quantitative estimate of drug-likeness (QED) is 0.689. The molecule has 1 amide bonds. The summed E-state index contributed by atoms with van der Waals surface area (Å²) in [6.07, 6.45) is -1.27. The molecular formula is C15H29NO7. The van der Waals surface area contributed by atoms with Crippen LogP contribution in [0.3, 0.4) is 0 Å². The molecule has 0 spiro atoms. The maximum absolute atomic E-state index is 12.3. The summed E-state index contributed by atoms with van der Waals surface area (Å²) in [5.74, 6) is -0.298. The molecule has 23 heavy (non-hydrogen) atoms. The lowest BCUT2D eigenvalue weighted by atomic mass is 9.93. The van der Waals surface area contributed by atoms with Gasteiger partial charge in [-0.15, -0.1) is 0 Å². The minimum atomic E-state index is -0.585. The lowest BCUT2D eigenvalue weighted by Crippen LogP contribution is -2.57. The number of carbonyl (C=O) groups is 1. The molecule has 8 heteroatoms. The van der Waals surface area contributed by atoms with E-state index < -0.39 is 23.9 Å². The van der Waals surface area contributed by atoms with Crippen molar-refractivity contribution >= 4 is 6.09 Å². The number of aliphatic hydroxyl groups excluding tert-OH is 1. The second-order valence-electron chi connectivity index (χ2n) is 6.48. The number of carbonyl (C=O) groups excluding carboxylic acids is 1. The largest absolute Gasteiger partial charge is 0.444 e. The second kappa shape index (κ2) is 9.39. The first-order chi connectivity index (χ1) is 10.8. The van der Waals surface area contributed by atoms with Crippen LogP contribution < -0.4 is 0 Å². The van der Waals surface area contributed by atoms with Gasteiger partial charge in [-0.05, 0) is 20.8 Å². The van der Waals surface area contributed by atoms with Crippen molar-refractivity contribution in [3.05, 3.63) is 0 Å². The predicted octanol–water partition coefficient (Wildman–Crippen LogP) is 0.824.